The summed E-state index contributed by atoms with van der Waals surface area (Å²) in [5.74, 6) is 0.274. The number of fused-ring (bicyclic) bond motifs is 1. The number of nitrogens with one attached hydrogen (secondary N) is 2. The Bertz CT molecular complexity index is 1130. The Labute approximate surface area is 171 Å². The first-order valence-electron chi connectivity index (χ1n) is 9.16. The molecular formula is C21H19FN4O4. The fourth-order valence-corrected chi connectivity index (χ4v) is 3.31. The molecule has 8 nitrogen and oxygen atoms in total. The zero-order valence-electron chi connectivity index (χ0n) is 16.3. The number of carbonyl (C=O) groups is 2. The first-order chi connectivity index (χ1) is 14.5. The number of hydrogen-bond donors (Lipinski definition) is 2. The summed E-state index contributed by atoms with van der Waals surface area (Å²) in [7, 11) is 3.08. The fraction of sp³-hybridized carbons (Fsp3) is 0.190. The third kappa shape index (κ3) is 3.69. The third-order valence-corrected chi connectivity index (χ3v) is 4.75. The second kappa shape index (κ2) is 7.86. The van der Waals surface area contributed by atoms with Crippen molar-refractivity contribution >= 4 is 23.3 Å². The Kier molecular flexibility index (Phi) is 5.09. The largest absolute Gasteiger partial charge is 0.493 e. The number of nitrogens with zero attached hydrogens (tertiary/aromatic N) is 2. The van der Waals surface area contributed by atoms with E-state index in [1.165, 1.54) is 30.0 Å². The average molecular weight is 410 g/mol. The van der Waals surface area contributed by atoms with E-state index >= 15 is 0 Å². The number of amides is 2. The van der Waals surface area contributed by atoms with Crippen LogP contribution in [0, 0.1) is 5.82 Å². The maximum Gasteiger partial charge on any atom is 0.249 e. The molecule has 3 aromatic rings. The van der Waals surface area contributed by atoms with Gasteiger partial charge in [-0.25, -0.2) is 9.07 Å². The van der Waals surface area contributed by atoms with Crippen LogP contribution in [0.25, 0.3) is 11.3 Å². The van der Waals surface area contributed by atoms with Gasteiger partial charge in [0.1, 0.15) is 17.7 Å². The molecule has 0 bridgehead atoms. The smallest absolute Gasteiger partial charge is 0.249 e. The summed E-state index contributed by atoms with van der Waals surface area (Å²) in [6, 6.07) is 11.7. The number of benzene rings is 2. The molecule has 154 valence electrons. The van der Waals surface area contributed by atoms with Crippen LogP contribution in [0.4, 0.5) is 15.9 Å². The van der Waals surface area contributed by atoms with Crippen molar-refractivity contribution in [2.45, 2.75) is 12.5 Å². The maximum absolute atomic E-state index is 13.4. The number of ether oxygens (including phenoxy) is 2. The first kappa shape index (κ1) is 19.4. The van der Waals surface area contributed by atoms with Crippen molar-refractivity contribution in [3.63, 3.8) is 0 Å². The van der Waals surface area contributed by atoms with Crippen molar-refractivity contribution in [3.05, 3.63) is 54.3 Å². The molecule has 2 aromatic carbocycles. The zero-order valence-corrected chi connectivity index (χ0v) is 16.3. The van der Waals surface area contributed by atoms with E-state index in [0.717, 1.165) is 5.56 Å². The van der Waals surface area contributed by atoms with Gasteiger partial charge in [-0.3, -0.25) is 9.59 Å². The van der Waals surface area contributed by atoms with E-state index in [1.807, 2.05) is 0 Å². The van der Waals surface area contributed by atoms with Gasteiger partial charge in [0.25, 0.3) is 0 Å². The monoisotopic (exact) mass is 410 g/mol. The minimum atomic E-state index is -0.870. The molecule has 0 radical (unpaired) electrons. The molecule has 30 heavy (non-hydrogen) atoms. The lowest BCUT2D eigenvalue weighted by Gasteiger charge is -2.23. The maximum atomic E-state index is 13.4. The second-order valence-electron chi connectivity index (χ2n) is 6.70. The number of hydrogen-bond acceptors (Lipinski definition) is 5. The molecule has 2 amide bonds. The lowest BCUT2D eigenvalue weighted by molar-refractivity contribution is -0.125. The van der Waals surface area contributed by atoms with E-state index in [-0.39, 0.29) is 12.3 Å². The highest BCUT2D eigenvalue weighted by molar-refractivity contribution is 6.01. The van der Waals surface area contributed by atoms with Gasteiger partial charge in [0.05, 0.1) is 26.3 Å². The number of anilines is 2. The molecule has 0 saturated carbocycles. The van der Waals surface area contributed by atoms with Crippen LogP contribution in [0.2, 0.25) is 0 Å². The molecule has 2 heterocycles. The summed E-state index contributed by atoms with van der Waals surface area (Å²) in [4.78, 5) is 25.0. The highest BCUT2D eigenvalue weighted by Crippen LogP contribution is 2.34. The first-order valence-corrected chi connectivity index (χ1v) is 9.16. The molecule has 1 aliphatic heterocycles. The van der Waals surface area contributed by atoms with Crippen molar-refractivity contribution in [1.82, 2.24) is 9.78 Å². The molecular weight excluding hydrogens is 391 g/mol. The summed E-state index contributed by atoms with van der Waals surface area (Å²) < 4.78 is 25.5. The van der Waals surface area contributed by atoms with E-state index in [4.69, 9.17) is 9.47 Å². The van der Waals surface area contributed by atoms with Crippen LogP contribution in [0.3, 0.4) is 0 Å². The quantitative estimate of drug-likeness (QED) is 0.674. The van der Waals surface area contributed by atoms with Crippen LogP contribution in [0.1, 0.15) is 12.5 Å². The van der Waals surface area contributed by atoms with Crippen LogP contribution in [-0.2, 0) is 9.59 Å². The zero-order chi connectivity index (χ0) is 21.3. The van der Waals surface area contributed by atoms with Gasteiger partial charge < -0.3 is 20.1 Å². The highest BCUT2D eigenvalue weighted by atomic mass is 19.1. The minimum Gasteiger partial charge on any atom is -0.493 e. The third-order valence-electron chi connectivity index (χ3n) is 4.75. The van der Waals surface area contributed by atoms with E-state index in [2.05, 4.69) is 15.7 Å². The number of rotatable bonds is 5. The van der Waals surface area contributed by atoms with Crippen LogP contribution in [0.5, 0.6) is 11.5 Å². The molecule has 0 unspecified atom stereocenters. The van der Waals surface area contributed by atoms with Crippen molar-refractivity contribution in [1.29, 1.82) is 0 Å². The molecule has 9 heteroatoms. The van der Waals surface area contributed by atoms with Gasteiger partial charge in [0, 0.05) is 17.3 Å². The lowest BCUT2D eigenvalue weighted by Crippen LogP contribution is -2.35. The summed E-state index contributed by atoms with van der Waals surface area (Å²) in [6.07, 6.45) is -0.0821. The molecule has 1 aliphatic rings. The Morgan fingerprint density at radius 3 is 2.70 bits per heavy atom. The standard InChI is InChI=1S/C21H19FN4O4/c1-29-17-7-6-12(8-18(17)30-2)15-10-19-24-20(27)11-16(26(19)25-15)21(28)23-14-5-3-4-13(22)9-14/h3-10,16H,11H2,1-2H3,(H,23,28)(H,24,27)/t16-/m1/s1. The van der Waals surface area contributed by atoms with Crippen molar-refractivity contribution < 1.29 is 23.5 Å². The Morgan fingerprint density at radius 1 is 1.17 bits per heavy atom. The van der Waals surface area contributed by atoms with Crippen molar-refractivity contribution in [2.75, 3.05) is 24.9 Å². The molecule has 0 saturated heterocycles. The second-order valence-corrected chi connectivity index (χ2v) is 6.70. The van der Waals surface area contributed by atoms with Gasteiger partial charge in [-0.15, -0.1) is 0 Å². The van der Waals surface area contributed by atoms with Gasteiger partial charge >= 0.3 is 0 Å². The van der Waals surface area contributed by atoms with Crippen molar-refractivity contribution in [3.8, 4) is 22.8 Å². The van der Waals surface area contributed by atoms with E-state index in [0.29, 0.717) is 28.7 Å². The molecule has 2 N–H and O–H groups in total. The van der Waals surface area contributed by atoms with Crippen molar-refractivity contribution in [2.24, 2.45) is 0 Å². The summed E-state index contributed by atoms with van der Waals surface area (Å²) in [5, 5.41) is 9.88. The molecule has 0 spiro atoms. The van der Waals surface area contributed by atoms with Gasteiger partial charge in [-0.1, -0.05) is 6.07 Å². The minimum absolute atomic E-state index is 0.0821. The van der Waals surface area contributed by atoms with Gasteiger partial charge in [0.2, 0.25) is 11.8 Å². The summed E-state index contributed by atoms with van der Waals surface area (Å²) >= 11 is 0. The SMILES string of the molecule is COc1ccc(-c2cc3n(n2)[C@@H](C(=O)Nc2cccc(F)c2)CC(=O)N3)cc1OC. The fourth-order valence-electron chi connectivity index (χ4n) is 3.31. The normalized spacial score (nSPS) is 15.2. The Hall–Kier alpha value is -3.88. The lowest BCUT2D eigenvalue weighted by atomic mass is 10.1. The van der Waals surface area contributed by atoms with E-state index in [1.54, 1.807) is 37.4 Å². The molecule has 1 atom stereocenters. The van der Waals surface area contributed by atoms with Crippen LogP contribution in [0.15, 0.2) is 48.5 Å². The number of methoxy groups -OCH3 is 2. The highest BCUT2D eigenvalue weighted by Gasteiger charge is 2.32. The predicted octanol–water partition coefficient (Wildman–Crippen LogP) is 3.23. The van der Waals surface area contributed by atoms with Crippen LogP contribution in [-0.4, -0.2) is 35.8 Å². The van der Waals surface area contributed by atoms with E-state index in [9.17, 15) is 14.0 Å². The summed E-state index contributed by atoms with van der Waals surface area (Å²) in [5.41, 5.74) is 1.59. The molecule has 4 rings (SSSR count). The van der Waals surface area contributed by atoms with Crippen LogP contribution < -0.4 is 20.1 Å². The topological polar surface area (TPSA) is 94.5 Å². The Morgan fingerprint density at radius 2 is 1.97 bits per heavy atom. The predicted molar refractivity (Wildman–Crippen MR) is 108 cm³/mol. The van der Waals surface area contributed by atoms with Gasteiger partial charge in [-0.2, -0.15) is 5.10 Å². The summed E-state index contributed by atoms with van der Waals surface area (Å²) in [6.45, 7) is 0. The van der Waals surface area contributed by atoms with Gasteiger partial charge in [0.15, 0.2) is 11.5 Å². The molecule has 0 fully saturated rings. The average Bonchev–Trinajstić information content (AvgIpc) is 3.16. The number of aromatic nitrogens is 2. The molecule has 1 aromatic heterocycles. The van der Waals surface area contributed by atoms with Crippen LogP contribution >= 0.6 is 0 Å². The van der Waals surface area contributed by atoms with E-state index < -0.39 is 17.8 Å². The number of carbonyl (C=O) groups excluding carboxylic acids is 2. The number of halogens is 1. The Balaban J connectivity index is 1.66. The van der Waals surface area contributed by atoms with Gasteiger partial charge in [-0.05, 0) is 36.4 Å². The molecule has 0 aliphatic carbocycles.